The topological polar surface area (TPSA) is 40.7 Å². The summed E-state index contributed by atoms with van der Waals surface area (Å²) in [4.78, 5) is 7.40. The predicted molar refractivity (Wildman–Crippen MR) is 59.5 cm³/mol. The number of nitrogens with zero attached hydrogens (tertiary/aromatic N) is 1. The molecule has 0 spiro atoms. The van der Waals surface area contributed by atoms with E-state index >= 15 is 0 Å². The summed E-state index contributed by atoms with van der Waals surface area (Å²) in [5.41, 5.74) is 0. The van der Waals surface area contributed by atoms with Crippen LogP contribution in [0.2, 0.25) is 0 Å². The number of nitrogens with one attached hydrogen (secondary N) is 2. The predicted octanol–water partition coefficient (Wildman–Crippen LogP) is 1.89. The smallest absolute Gasteiger partial charge is 0.165 e. The molecule has 1 saturated carbocycles. The minimum atomic E-state index is 0.683. The third kappa shape index (κ3) is 1.96. The summed E-state index contributed by atoms with van der Waals surface area (Å²) in [6.07, 6.45) is 6.28. The zero-order chi connectivity index (χ0) is 9.97. The van der Waals surface area contributed by atoms with Crippen LogP contribution in [-0.4, -0.2) is 28.3 Å². The average Bonchev–Trinajstić information content (AvgIpc) is 2.79. The number of aromatic amines is 1. The first-order valence-corrected chi connectivity index (χ1v) is 6.02. The van der Waals surface area contributed by atoms with Crippen molar-refractivity contribution in [3.63, 3.8) is 0 Å². The average molecular weight is 211 g/mol. The summed E-state index contributed by atoms with van der Waals surface area (Å²) in [5, 5.41) is 5.14. The first-order chi connectivity index (χ1) is 6.81. The molecule has 4 heteroatoms. The van der Waals surface area contributed by atoms with Crippen LogP contribution in [0.5, 0.6) is 0 Å². The molecule has 3 unspecified atom stereocenters. The fraction of sp³-hybridized carbons (Fsp3) is 0.700. The standard InChI is InChI=1S/C10H17N3S/c1-7-8(11-2)3-4-9(7)14-10-12-5-6-13-10/h5-9,11H,3-4H2,1-2H3,(H,12,13). The quantitative estimate of drug-likeness (QED) is 0.802. The Bertz CT molecular complexity index is 273. The molecular formula is C10H17N3S. The van der Waals surface area contributed by atoms with Crippen LogP contribution >= 0.6 is 11.8 Å². The lowest BCUT2D eigenvalue weighted by Gasteiger charge is -2.18. The van der Waals surface area contributed by atoms with Crippen LogP contribution in [0.15, 0.2) is 17.6 Å². The van der Waals surface area contributed by atoms with Gasteiger partial charge in [-0.05, 0) is 25.8 Å². The largest absolute Gasteiger partial charge is 0.340 e. The highest BCUT2D eigenvalue weighted by molar-refractivity contribution is 7.99. The van der Waals surface area contributed by atoms with Crippen LogP contribution in [0.25, 0.3) is 0 Å². The van der Waals surface area contributed by atoms with Gasteiger partial charge in [0.25, 0.3) is 0 Å². The Labute approximate surface area is 89.1 Å². The fourth-order valence-corrected chi connectivity index (χ4v) is 3.36. The van der Waals surface area contributed by atoms with Gasteiger partial charge in [-0.3, -0.25) is 0 Å². The lowest BCUT2D eigenvalue weighted by molar-refractivity contribution is 0.464. The van der Waals surface area contributed by atoms with Crippen molar-refractivity contribution in [1.82, 2.24) is 15.3 Å². The highest BCUT2D eigenvalue weighted by Crippen LogP contribution is 2.37. The van der Waals surface area contributed by atoms with E-state index < -0.39 is 0 Å². The van der Waals surface area contributed by atoms with Crippen LogP contribution < -0.4 is 5.32 Å². The molecule has 1 fully saturated rings. The molecule has 1 aliphatic carbocycles. The minimum Gasteiger partial charge on any atom is -0.340 e. The molecule has 1 heterocycles. The monoisotopic (exact) mass is 211 g/mol. The number of hydrogen-bond acceptors (Lipinski definition) is 3. The van der Waals surface area contributed by atoms with Gasteiger partial charge in [0.05, 0.1) is 0 Å². The van der Waals surface area contributed by atoms with Crippen molar-refractivity contribution < 1.29 is 0 Å². The fourth-order valence-electron chi connectivity index (χ4n) is 2.16. The van der Waals surface area contributed by atoms with Gasteiger partial charge in [-0.25, -0.2) is 4.98 Å². The molecule has 3 nitrogen and oxygen atoms in total. The van der Waals surface area contributed by atoms with E-state index in [4.69, 9.17) is 0 Å². The van der Waals surface area contributed by atoms with E-state index in [0.717, 1.165) is 11.1 Å². The van der Waals surface area contributed by atoms with Crippen LogP contribution in [0.3, 0.4) is 0 Å². The highest BCUT2D eigenvalue weighted by atomic mass is 32.2. The van der Waals surface area contributed by atoms with E-state index in [-0.39, 0.29) is 0 Å². The molecule has 0 saturated heterocycles. The summed E-state index contributed by atoms with van der Waals surface area (Å²) in [7, 11) is 2.06. The van der Waals surface area contributed by atoms with Crippen molar-refractivity contribution in [3.05, 3.63) is 12.4 Å². The van der Waals surface area contributed by atoms with Crippen LogP contribution in [0.1, 0.15) is 19.8 Å². The molecule has 0 bridgehead atoms. The van der Waals surface area contributed by atoms with Crippen molar-refractivity contribution in [1.29, 1.82) is 0 Å². The van der Waals surface area contributed by atoms with E-state index in [0.29, 0.717) is 11.3 Å². The van der Waals surface area contributed by atoms with Crippen molar-refractivity contribution >= 4 is 11.8 Å². The Morgan fingerprint density at radius 3 is 3.00 bits per heavy atom. The van der Waals surface area contributed by atoms with Crippen molar-refractivity contribution in [3.8, 4) is 0 Å². The molecule has 2 N–H and O–H groups in total. The molecular weight excluding hydrogens is 194 g/mol. The second kappa shape index (κ2) is 4.36. The Morgan fingerprint density at radius 1 is 1.57 bits per heavy atom. The molecule has 1 aromatic heterocycles. The summed E-state index contributed by atoms with van der Waals surface area (Å²) >= 11 is 1.88. The Kier molecular flexibility index (Phi) is 3.13. The van der Waals surface area contributed by atoms with E-state index in [2.05, 4.69) is 29.3 Å². The molecule has 0 aliphatic heterocycles. The summed E-state index contributed by atoms with van der Waals surface area (Å²) < 4.78 is 0. The number of aromatic nitrogens is 2. The molecule has 3 atom stereocenters. The van der Waals surface area contributed by atoms with Gasteiger partial charge in [0, 0.05) is 23.7 Å². The summed E-state index contributed by atoms with van der Waals surface area (Å²) in [5.74, 6) is 0.732. The lowest BCUT2D eigenvalue weighted by Crippen LogP contribution is -2.30. The Balaban J connectivity index is 1.94. The van der Waals surface area contributed by atoms with Gasteiger partial charge in [-0.15, -0.1) is 0 Å². The zero-order valence-corrected chi connectivity index (χ0v) is 9.47. The highest BCUT2D eigenvalue weighted by Gasteiger charge is 2.32. The maximum absolute atomic E-state index is 4.25. The van der Waals surface area contributed by atoms with Crippen molar-refractivity contribution in [2.45, 2.75) is 36.2 Å². The number of thioether (sulfide) groups is 1. The van der Waals surface area contributed by atoms with Gasteiger partial charge >= 0.3 is 0 Å². The molecule has 0 radical (unpaired) electrons. The molecule has 1 aliphatic rings. The Hall–Kier alpha value is -0.480. The third-order valence-corrected chi connectivity index (χ3v) is 4.50. The van der Waals surface area contributed by atoms with Crippen LogP contribution in [0.4, 0.5) is 0 Å². The first-order valence-electron chi connectivity index (χ1n) is 5.14. The van der Waals surface area contributed by atoms with E-state index in [9.17, 15) is 0 Å². The summed E-state index contributed by atoms with van der Waals surface area (Å²) in [6, 6.07) is 0.683. The Morgan fingerprint density at radius 2 is 2.43 bits per heavy atom. The number of hydrogen-bond donors (Lipinski definition) is 2. The maximum atomic E-state index is 4.25. The molecule has 2 rings (SSSR count). The number of rotatable bonds is 3. The molecule has 0 aromatic carbocycles. The number of imidazole rings is 1. The van der Waals surface area contributed by atoms with Crippen molar-refractivity contribution in [2.24, 2.45) is 5.92 Å². The third-order valence-electron chi connectivity index (χ3n) is 3.09. The maximum Gasteiger partial charge on any atom is 0.165 e. The molecule has 14 heavy (non-hydrogen) atoms. The minimum absolute atomic E-state index is 0.683. The van der Waals surface area contributed by atoms with E-state index in [1.807, 2.05) is 24.2 Å². The van der Waals surface area contributed by atoms with Gasteiger partial charge in [0.2, 0.25) is 0 Å². The summed E-state index contributed by atoms with van der Waals surface area (Å²) in [6.45, 7) is 2.33. The van der Waals surface area contributed by atoms with Gasteiger partial charge in [0.15, 0.2) is 5.16 Å². The van der Waals surface area contributed by atoms with Crippen LogP contribution in [-0.2, 0) is 0 Å². The molecule has 1 aromatic rings. The first kappa shape index (κ1) is 10.1. The van der Waals surface area contributed by atoms with Crippen LogP contribution in [0, 0.1) is 5.92 Å². The van der Waals surface area contributed by atoms with Gasteiger partial charge in [-0.2, -0.15) is 0 Å². The van der Waals surface area contributed by atoms with Gasteiger partial charge in [-0.1, -0.05) is 18.7 Å². The second-order valence-electron chi connectivity index (χ2n) is 3.88. The number of H-pyrrole nitrogens is 1. The molecule has 78 valence electrons. The van der Waals surface area contributed by atoms with Gasteiger partial charge in [0.1, 0.15) is 0 Å². The normalized spacial score (nSPS) is 32.3. The second-order valence-corrected chi connectivity index (χ2v) is 5.11. The SMILES string of the molecule is CNC1CCC(Sc2ncc[nH]2)C1C. The van der Waals surface area contributed by atoms with Crippen molar-refractivity contribution in [2.75, 3.05) is 7.05 Å². The van der Waals surface area contributed by atoms with Gasteiger partial charge < -0.3 is 10.3 Å². The van der Waals surface area contributed by atoms with E-state index in [1.54, 1.807) is 0 Å². The van der Waals surface area contributed by atoms with E-state index in [1.165, 1.54) is 12.8 Å². The zero-order valence-electron chi connectivity index (χ0n) is 8.66. The lowest BCUT2D eigenvalue weighted by atomic mass is 10.1. The molecule has 0 amide bonds.